The Labute approximate surface area is 107 Å². The Bertz CT molecular complexity index is 582. The van der Waals surface area contributed by atoms with Crippen LogP contribution in [0.2, 0.25) is 0 Å². The van der Waals surface area contributed by atoms with Crippen LogP contribution in [0.1, 0.15) is 5.56 Å². The van der Waals surface area contributed by atoms with E-state index in [0.29, 0.717) is 5.56 Å². The fourth-order valence-corrected chi connectivity index (χ4v) is 2.25. The van der Waals surface area contributed by atoms with Crippen molar-refractivity contribution in [3.05, 3.63) is 59.7 Å². The van der Waals surface area contributed by atoms with E-state index in [2.05, 4.69) is 0 Å². The number of benzene rings is 2. The minimum Gasteiger partial charge on any atom is -0.384 e. The number of nitrogens with two attached hydrogens (primary N) is 1. The predicted octanol–water partition coefficient (Wildman–Crippen LogP) is 3.40. The highest BCUT2D eigenvalue weighted by Crippen LogP contribution is 2.30. The summed E-state index contributed by atoms with van der Waals surface area (Å²) in [6.07, 6.45) is 0. The largest absolute Gasteiger partial charge is 0.384 e. The summed E-state index contributed by atoms with van der Waals surface area (Å²) in [6, 6.07) is 10.1. The van der Waals surface area contributed by atoms with E-state index < -0.39 is 11.6 Å². The molecule has 0 aromatic heterocycles. The summed E-state index contributed by atoms with van der Waals surface area (Å²) in [5.74, 6) is -0.959. The van der Waals surface area contributed by atoms with E-state index in [1.165, 1.54) is 0 Å². The van der Waals surface area contributed by atoms with Gasteiger partial charge in [-0.15, -0.1) is 0 Å². The van der Waals surface area contributed by atoms with Gasteiger partial charge < -0.3 is 5.73 Å². The smallest absolute Gasteiger partial charge is 0.137 e. The zero-order chi connectivity index (χ0) is 13.1. The summed E-state index contributed by atoms with van der Waals surface area (Å²) in [5.41, 5.74) is 5.92. The minimum atomic E-state index is -0.473. The molecule has 2 aromatic carbocycles. The topological polar surface area (TPSA) is 49.9 Å². The molecule has 0 spiro atoms. The second-order valence-electron chi connectivity index (χ2n) is 3.61. The van der Waals surface area contributed by atoms with Crippen molar-refractivity contribution in [1.82, 2.24) is 0 Å². The first-order valence-electron chi connectivity index (χ1n) is 5.13. The van der Waals surface area contributed by atoms with Gasteiger partial charge in [0.15, 0.2) is 0 Å². The number of halogens is 2. The second-order valence-corrected chi connectivity index (χ2v) is 4.73. The lowest BCUT2D eigenvalue weighted by Gasteiger charge is -2.04. The van der Waals surface area contributed by atoms with Crippen LogP contribution >= 0.6 is 11.8 Å². The van der Waals surface area contributed by atoms with Crippen molar-refractivity contribution in [3.63, 3.8) is 0 Å². The van der Waals surface area contributed by atoms with Crippen molar-refractivity contribution >= 4 is 17.6 Å². The molecular weight excluding hydrogens is 254 g/mol. The molecule has 0 atom stereocenters. The number of nitrogens with one attached hydrogen (secondary N) is 1. The maximum Gasteiger partial charge on any atom is 0.137 e. The first-order chi connectivity index (χ1) is 8.56. The third kappa shape index (κ3) is 2.87. The summed E-state index contributed by atoms with van der Waals surface area (Å²) in [7, 11) is 0. The minimum absolute atomic E-state index is 0.0245. The van der Waals surface area contributed by atoms with E-state index in [1.807, 2.05) is 0 Å². The zero-order valence-corrected chi connectivity index (χ0v) is 10.1. The Hall–Kier alpha value is -1.88. The van der Waals surface area contributed by atoms with Crippen molar-refractivity contribution in [2.45, 2.75) is 9.79 Å². The molecule has 0 heterocycles. The molecule has 0 saturated heterocycles. The molecule has 0 bridgehead atoms. The molecular formula is C13H10F2N2S. The fourth-order valence-electron chi connectivity index (χ4n) is 1.38. The molecule has 2 rings (SSSR count). The van der Waals surface area contributed by atoms with Gasteiger partial charge in [-0.1, -0.05) is 23.9 Å². The first-order valence-corrected chi connectivity index (χ1v) is 5.95. The lowest BCUT2D eigenvalue weighted by molar-refractivity contribution is 0.577. The van der Waals surface area contributed by atoms with Gasteiger partial charge in [0.25, 0.3) is 0 Å². The van der Waals surface area contributed by atoms with Crippen molar-refractivity contribution < 1.29 is 8.78 Å². The molecule has 0 amide bonds. The van der Waals surface area contributed by atoms with Gasteiger partial charge in [0.2, 0.25) is 0 Å². The van der Waals surface area contributed by atoms with Gasteiger partial charge in [-0.25, -0.2) is 8.78 Å². The van der Waals surface area contributed by atoms with Gasteiger partial charge in [-0.05, 0) is 30.3 Å². The molecule has 0 saturated carbocycles. The number of nitrogen functional groups attached to an aromatic ring is 1. The Morgan fingerprint density at radius 3 is 2.33 bits per heavy atom. The molecule has 0 unspecified atom stereocenters. The second kappa shape index (κ2) is 5.18. The lowest BCUT2D eigenvalue weighted by Crippen LogP contribution is -2.10. The summed E-state index contributed by atoms with van der Waals surface area (Å²) in [5, 5.41) is 7.25. The van der Waals surface area contributed by atoms with E-state index in [4.69, 9.17) is 11.1 Å². The van der Waals surface area contributed by atoms with Crippen molar-refractivity contribution in [1.29, 1.82) is 5.41 Å². The quantitative estimate of drug-likeness (QED) is 0.659. The van der Waals surface area contributed by atoms with Crippen LogP contribution in [0.5, 0.6) is 0 Å². The van der Waals surface area contributed by atoms with Crippen LogP contribution in [-0.2, 0) is 0 Å². The van der Waals surface area contributed by atoms with E-state index in [9.17, 15) is 8.78 Å². The molecule has 0 fully saturated rings. The van der Waals surface area contributed by atoms with E-state index in [1.54, 1.807) is 24.3 Å². The first kappa shape index (κ1) is 12.6. The molecule has 0 aliphatic carbocycles. The summed E-state index contributed by atoms with van der Waals surface area (Å²) in [4.78, 5) is 0.982. The molecule has 0 aliphatic rings. The maximum absolute atomic E-state index is 13.4. The molecule has 3 N–H and O–H groups in total. The number of rotatable bonds is 3. The van der Waals surface area contributed by atoms with Crippen LogP contribution < -0.4 is 5.73 Å². The number of hydrogen-bond acceptors (Lipinski definition) is 2. The maximum atomic E-state index is 13.4. The summed E-state index contributed by atoms with van der Waals surface area (Å²) in [6.45, 7) is 0. The van der Waals surface area contributed by atoms with Crippen LogP contribution in [0.15, 0.2) is 52.3 Å². The van der Waals surface area contributed by atoms with Crippen LogP contribution in [-0.4, -0.2) is 5.84 Å². The number of hydrogen-bond donors (Lipinski definition) is 2. The monoisotopic (exact) mass is 264 g/mol. The van der Waals surface area contributed by atoms with Crippen LogP contribution in [0.3, 0.4) is 0 Å². The highest BCUT2D eigenvalue weighted by Gasteiger charge is 2.06. The molecule has 5 heteroatoms. The average molecular weight is 264 g/mol. The van der Waals surface area contributed by atoms with Crippen molar-refractivity contribution in [2.24, 2.45) is 5.73 Å². The average Bonchev–Trinajstić information content (AvgIpc) is 2.34. The number of amidine groups is 1. The molecule has 2 aromatic rings. The van der Waals surface area contributed by atoms with E-state index in [0.717, 1.165) is 34.9 Å². The Morgan fingerprint density at radius 2 is 1.72 bits per heavy atom. The van der Waals surface area contributed by atoms with Crippen LogP contribution in [0, 0.1) is 17.0 Å². The van der Waals surface area contributed by atoms with Gasteiger partial charge in [-0.3, -0.25) is 5.41 Å². The molecule has 2 nitrogen and oxygen atoms in total. The van der Waals surface area contributed by atoms with Gasteiger partial charge in [-0.2, -0.15) is 0 Å². The van der Waals surface area contributed by atoms with Gasteiger partial charge in [0.05, 0.1) is 4.90 Å². The van der Waals surface area contributed by atoms with Crippen LogP contribution in [0.25, 0.3) is 0 Å². The fraction of sp³-hybridized carbons (Fsp3) is 0. The molecule has 0 radical (unpaired) electrons. The molecule has 18 heavy (non-hydrogen) atoms. The third-order valence-corrected chi connectivity index (χ3v) is 3.33. The molecule has 0 aliphatic heterocycles. The van der Waals surface area contributed by atoms with Gasteiger partial charge >= 0.3 is 0 Å². The Balaban J connectivity index is 2.23. The van der Waals surface area contributed by atoms with Gasteiger partial charge in [0, 0.05) is 10.5 Å². The van der Waals surface area contributed by atoms with Crippen molar-refractivity contribution in [2.75, 3.05) is 0 Å². The Morgan fingerprint density at radius 1 is 1.06 bits per heavy atom. The van der Waals surface area contributed by atoms with E-state index >= 15 is 0 Å². The highest BCUT2D eigenvalue weighted by atomic mass is 32.2. The normalized spacial score (nSPS) is 10.3. The van der Waals surface area contributed by atoms with Gasteiger partial charge in [0.1, 0.15) is 17.5 Å². The Kier molecular flexibility index (Phi) is 3.62. The summed E-state index contributed by atoms with van der Waals surface area (Å²) < 4.78 is 26.4. The third-order valence-electron chi connectivity index (χ3n) is 2.29. The molecule has 92 valence electrons. The SMILES string of the molecule is N=C(N)c1ccc(Sc2cc(F)ccc2F)cc1. The van der Waals surface area contributed by atoms with E-state index in [-0.39, 0.29) is 10.7 Å². The van der Waals surface area contributed by atoms with Crippen molar-refractivity contribution in [3.8, 4) is 0 Å². The zero-order valence-electron chi connectivity index (χ0n) is 9.28. The lowest BCUT2D eigenvalue weighted by atomic mass is 10.2. The van der Waals surface area contributed by atoms with Crippen LogP contribution in [0.4, 0.5) is 8.78 Å². The predicted molar refractivity (Wildman–Crippen MR) is 67.9 cm³/mol. The highest BCUT2D eigenvalue weighted by molar-refractivity contribution is 7.99. The summed E-state index contributed by atoms with van der Waals surface area (Å²) >= 11 is 1.12. The standard InChI is InChI=1S/C13H10F2N2S/c14-9-3-6-11(15)12(7-9)18-10-4-1-8(2-5-10)13(16)17/h1-7H,(H3,16,17).